The van der Waals surface area contributed by atoms with E-state index in [0.717, 1.165) is 0 Å². The van der Waals surface area contributed by atoms with Crippen molar-refractivity contribution in [2.45, 2.75) is 26.3 Å². The average Bonchev–Trinajstić information content (AvgIpc) is 2.39. The number of carbonyl (C=O) groups excluding carboxylic acids is 1. The Morgan fingerprint density at radius 1 is 1.38 bits per heavy atom. The second-order valence-electron chi connectivity index (χ2n) is 5.10. The molecule has 1 rings (SSSR count). The summed E-state index contributed by atoms with van der Waals surface area (Å²) < 4.78 is 13.3. The van der Waals surface area contributed by atoms with Crippen molar-refractivity contribution >= 4 is 11.9 Å². The van der Waals surface area contributed by atoms with Crippen LogP contribution in [0.3, 0.4) is 0 Å². The zero-order valence-corrected chi connectivity index (χ0v) is 12.4. The molecule has 1 amide bonds. The normalized spacial score (nSPS) is 10.7. The van der Waals surface area contributed by atoms with E-state index in [4.69, 9.17) is 5.11 Å². The van der Waals surface area contributed by atoms with Crippen molar-refractivity contribution in [1.82, 2.24) is 10.2 Å². The van der Waals surface area contributed by atoms with E-state index < -0.39 is 5.97 Å². The Kier molecular flexibility index (Phi) is 6.81. The van der Waals surface area contributed by atoms with Crippen molar-refractivity contribution in [3.63, 3.8) is 0 Å². The molecule has 0 atom stereocenters. The fourth-order valence-corrected chi connectivity index (χ4v) is 1.83. The third-order valence-corrected chi connectivity index (χ3v) is 3.07. The minimum absolute atomic E-state index is 0.0919. The van der Waals surface area contributed by atoms with Gasteiger partial charge in [-0.1, -0.05) is 12.1 Å². The van der Waals surface area contributed by atoms with Gasteiger partial charge in [-0.15, -0.1) is 0 Å². The van der Waals surface area contributed by atoms with E-state index in [0.29, 0.717) is 24.1 Å². The van der Waals surface area contributed by atoms with Crippen LogP contribution in [0.5, 0.6) is 0 Å². The lowest BCUT2D eigenvalue weighted by Gasteiger charge is -2.15. The minimum atomic E-state index is -0.839. The van der Waals surface area contributed by atoms with E-state index >= 15 is 0 Å². The SMILES string of the molecule is Cc1ccc(CNC(=O)CN(C)CCCC(=O)O)cc1F. The number of likely N-dealkylation sites (N-methyl/N-ethyl adjacent to an activating group) is 1. The molecule has 1 aromatic rings. The number of hydrogen-bond donors (Lipinski definition) is 2. The predicted molar refractivity (Wildman–Crippen MR) is 77.4 cm³/mol. The highest BCUT2D eigenvalue weighted by Crippen LogP contribution is 2.08. The van der Waals surface area contributed by atoms with Crippen LogP contribution in [0.2, 0.25) is 0 Å². The molecule has 0 aliphatic carbocycles. The summed E-state index contributed by atoms with van der Waals surface area (Å²) in [6.07, 6.45) is 0.594. The molecule has 0 aliphatic heterocycles. The largest absolute Gasteiger partial charge is 0.481 e. The molecule has 0 unspecified atom stereocenters. The first-order chi connectivity index (χ1) is 9.88. The van der Waals surface area contributed by atoms with Crippen LogP contribution in [-0.2, 0) is 16.1 Å². The maximum absolute atomic E-state index is 13.3. The monoisotopic (exact) mass is 296 g/mol. The molecule has 116 valence electrons. The molecule has 0 fully saturated rings. The Morgan fingerprint density at radius 3 is 2.71 bits per heavy atom. The molecule has 0 aliphatic rings. The highest BCUT2D eigenvalue weighted by atomic mass is 19.1. The first-order valence-electron chi connectivity index (χ1n) is 6.80. The number of benzene rings is 1. The van der Waals surface area contributed by atoms with Gasteiger partial charge in [0.15, 0.2) is 0 Å². The molecule has 5 nitrogen and oxygen atoms in total. The van der Waals surface area contributed by atoms with Gasteiger partial charge in [0, 0.05) is 13.0 Å². The molecule has 21 heavy (non-hydrogen) atoms. The van der Waals surface area contributed by atoms with Crippen molar-refractivity contribution in [1.29, 1.82) is 0 Å². The van der Waals surface area contributed by atoms with Gasteiger partial charge in [0.05, 0.1) is 6.54 Å². The zero-order chi connectivity index (χ0) is 15.8. The Morgan fingerprint density at radius 2 is 2.10 bits per heavy atom. The van der Waals surface area contributed by atoms with Gasteiger partial charge < -0.3 is 10.4 Å². The summed E-state index contributed by atoms with van der Waals surface area (Å²) in [5.41, 5.74) is 1.28. The van der Waals surface area contributed by atoms with E-state index in [1.165, 1.54) is 6.07 Å². The summed E-state index contributed by atoms with van der Waals surface area (Å²) in [6, 6.07) is 4.86. The number of carbonyl (C=O) groups is 2. The Balaban J connectivity index is 2.30. The van der Waals surface area contributed by atoms with Gasteiger partial charge in [-0.25, -0.2) is 4.39 Å². The Bertz CT molecular complexity index is 506. The maximum Gasteiger partial charge on any atom is 0.303 e. The fourth-order valence-electron chi connectivity index (χ4n) is 1.83. The first-order valence-corrected chi connectivity index (χ1v) is 6.80. The van der Waals surface area contributed by atoms with Gasteiger partial charge >= 0.3 is 5.97 Å². The molecular weight excluding hydrogens is 275 g/mol. The van der Waals surface area contributed by atoms with Crippen LogP contribution in [0.25, 0.3) is 0 Å². The smallest absolute Gasteiger partial charge is 0.303 e. The number of hydrogen-bond acceptors (Lipinski definition) is 3. The third-order valence-electron chi connectivity index (χ3n) is 3.07. The lowest BCUT2D eigenvalue weighted by molar-refractivity contribution is -0.137. The van der Waals surface area contributed by atoms with Crippen LogP contribution in [0.1, 0.15) is 24.0 Å². The van der Waals surface area contributed by atoms with Crippen LogP contribution in [0.15, 0.2) is 18.2 Å². The predicted octanol–water partition coefficient (Wildman–Crippen LogP) is 1.55. The summed E-state index contributed by atoms with van der Waals surface area (Å²) in [7, 11) is 1.76. The van der Waals surface area contributed by atoms with E-state index in [1.54, 1.807) is 31.0 Å². The molecule has 0 radical (unpaired) electrons. The van der Waals surface area contributed by atoms with Crippen LogP contribution in [0, 0.1) is 12.7 Å². The van der Waals surface area contributed by atoms with Gasteiger partial charge in [-0.05, 0) is 44.1 Å². The number of aryl methyl sites for hydroxylation is 1. The van der Waals surface area contributed by atoms with Crippen molar-refractivity contribution < 1.29 is 19.1 Å². The van der Waals surface area contributed by atoms with Gasteiger partial charge in [0.25, 0.3) is 0 Å². The summed E-state index contributed by atoms with van der Waals surface area (Å²) in [4.78, 5) is 23.9. The van der Waals surface area contributed by atoms with Crippen LogP contribution >= 0.6 is 0 Å². The van der Waals surface area contributed by atoms with Crippen molar-refractivity contribution in [3.05, 3.63) is 35.1 Å². The number of aliphatic carboxylic acids is 1. The highest BCUT2D eigenvalue weighted by molar-refractivity contribution is 5.77. The Hall–Kier alpha value is -1.95. The summed E-state index contributed by atoms with van der Waals surface area (Å²) in [6.45, 7) is 2.69. The average molecular weight is 296 g/mol. The van der Waals surface area contributed by atoms with E-state index in [1.807, 2.05) is 0 Å². The van der Waals surface area contributed by atoms with Crippen LogP contribution < -0.4 is 5.32 Å². The second-order valence-corrected chi connectivity index (χ2v) is 5.10. The summed E-state index contributed by atoms with van der Waals surface area (Å²) >= 11 is 0. The summed E-state index contributed by atoms with van der Waals surface area (Å²) in [5.74, 6) is -1.30. The molecule has 0 heterocycles. The van der Waals surface area contributed by atoms with Crippen LogP contribution in [-0.4, -0.2) is 42.0 Å². The summed E-state index contributed by atoms with van der Waals surface area (Å²) in [5, 5.41) is 11.2. The van der Waals surface area contributed by atoms with Gasteiger partial charge in [-0.3, -0.25) is 14.5 Å². The quantitative estimate of drug-likeness (QED) is 0.763. The number of rotatable bonds is 8. The van der Waals surface area contributed by atoms with Gasteiger partial charge in [0.2, 0.25) is 5.91 Å². The number of carboxylic acid groups (broad SMARTS) is 1. The van der Waals surface area contributed by atoms with Gasteiger partial charge in [-0.2, -0.15) is 0 Å². The maximum atomic E-state index is 13.3. The minimum Gasteiger partial charge on any atom is -0.481 e. The number of nitrogens with zero attached hydrogens (tertiary/aromatic N) is 1. The molecule has 0 bridgehead atoms. The molecule has 0 spiro atoms. The molecular formula is C15H21FN2O3. The van der Waals surface area contributed by atoms with Crippen molar-refractivity contribution in [3.8, 4) is 0 Å². The molecule has 1 aromatic carbocycles. The Labute approximate surface area is 123 Å². The fraction of sp³-hybridized carbons (Fsp3) is 0.467. The first kappa shape index (κ1) is 17.1. The molecule has 0 saturated carbocycles. The zero-order valence-electron chi connectivity index (χ0n) is 12.4. The van der Waals surface area contributed by atoms with E-state index in [-0.39, 0.29) is 31.2 Å². The number of carboxylic acids is 1. The standard InChI is InChI=1S/C15H21FN2O3/c1-11-5-6-12(8-13(11)16)9-17-14(19)10-18(2)7-3-4-15(20)21/h5-6,8H,3-4,7,9-10H2,1-2H3,(H,17,19)(H,20,21). The molecule has 0 aromatic heterocycles. The lowest BCUT2D eigenvalue weighted by atomic mass is 10.1. The molecule has 2 N–H and O–H groups in total. The highest BCUT2D eigenvalue weighted by Gasteiger charge is 2.07. The second kappa shape index (κ2) is 8.36. The topological polar surface area (TPSA) is 69.6 Å². The molecule has 0 saturated heterocycles. The van der Waals surface area contributed by atoms with E-state index in [2.05, 4.69) is 5.32 Å². The van der Waals surface area contributed by atoms with Gasteiger partial charge in [0.1, 0.15) is 5.82 Å². The number of amides is 1. The number of nitrogens with one attached hydrogen (secondary N) is 1. The molecule has 6 heteroatoms. The van der Waals surface area contributed by atoms with Crippen molar-refractivity contribution in [2.75, 3.05) is 20.1 Å². The van der Waals surface area contributed by atoms with E-state index in [9.17, 15) is 14.0 Å². The van der Waals surface area contributed by atoms with Crippen LogP contribution in [0.4, 0.5) is 4.39 Å². The number of halogens is 1. The van der Waals surface area contributed by atoms with Crippen molar-refractivity contribution in [2.24, 2.45) is 0 Å². The third kappa shape index (κ3) is 6.85. The lowest BCUT2D eigenvalue weighted by Crippen LogP contribution is -2.35.